The summed E-state index contributed by atoms with van der Waals surface area (Å²) in [6.07, 6.45) is 1.82. The van der Waals surface area contributed by atoms with Gasteiger partial charge in [-0.2, -0.15) is 0 Å². The van der Waals surface area contributed by atoms with Gasteiger partial charge < -0.3 is 4.74 Å². The van der Waals surface area contributed by atoms with E-state index in [-0.39, 0.29) is 18.0 Å². The van der Waals surface area contributed by atoms with Crippen LogP contribution < -0.4 is 4.74 Å². The molecule has 1 aromatic heterocycles. The molecule has 28 heavy (non-hydrogen) atoms. The summed E-state index contributed by atoms with van der Waals surface area (Å²) in [5.74, 6) is 1.24. The van der Waals surface area contributed by atoms with Crippen molar-refractivity contribution in [3.05, 3.63) is 87.3 Å². The van der Waals surface area contributed by atoms with Crippen molar-refractivity contribution in [1.29, 1.82) is 0 Å². The standard InChI is InChI=1S/C22H19BrFNO2S/c1-14-9-19(23)17(11-21(14)27-2)13-28-22-8-5-16(12-25-22)20(26)10-15-3-6-18(24)7-4-15/h3-9,11-12H,10,13H2,1-2H3. The average Bonchev–Trinajstić information content (AvgIpc) is 2.69. The van der Waals surface area contributed by atoms with E-state index in [1.165, 1.54) is 12.1 Å². The van der Waals surface area contributed by atoms with Gasteiger partial charge in [0.1, 0.15) is 11.6 Å². The molecule has 3 nitrogen and oxygen atoms in total. The maximum absolute atomic E-state index is 13.0. The molecule has 0 atom stereocenters. The summed E-state index contributed by atoms with van der Waals surface area (Å²) in [4.78, 5) is 16.8. The monoisotopic (exact) mass is 459 g/mol. The summed E-state index contributed by atoms with van der Waals surface area (Å²) in [7, 11) is 1.66. The van der Waals surface area contributed by atoms with Gasteiger partial charge >= 0.3 is 0 Å². The van der Waals surface area contributed by atoms with Gasteiger partial charge in [0.25, 0.3) is 0 Å². The van der Waals surface area contributed by atoms with Gasteiger partial charge in [-0.05, 0) is 60.0 Å². The van der Waals surface area contributed by atoms with E-state index in [1.807, 2.05) is 25.1 Å². The molecule has 3 aromatic rings. The Hall–Kier alpha value is -2.18. The molecule has 0 radical (unpaired) electrons. The number of pyridine rings is 1. The number of benzene rings is 2. The molecule has 0 aliphatic rings. The molecule has 0 aliphatic heterocycles. The Balaban J connectivity index is 1.63. The van der Waals surface area contributed by atoms with E-state index in [0.29, 0.717) is 5.56 Å². The van der Waals surface area contributed by atoms with Crippen molar-refractivity contribution in [3.63, 3.8) is 0 Å². The van der Waals surface area contributed by atoms with Crippen LogP contribution in [0.2, 0.25) is 0 Å². The van der Waals surface area contributed by atoms with Gasteiger partial charge in [0.15, 0.2) is 5.78 Å². The third-order valence-corrected chi connectivity index (χ3v) is 6.01. The van der Waals surface area contributed by atoms with Crippen LogP contribution >= 0.6 is 27.7 Å². The Morgan fingerprint density at radius 3 is 2.57 bits per heavy atom. The van der Waals surface area contributed by atoms with Crippen molar-refractivity contribution in [3.8, 4) is 5.75 Å². The number of methoxy groups -OCH3 is 1. The minimum Gasteiger partial charge on any atom is -0.496 e. The molecule has 0 fully saturated rings. The number of aromatic nitrogens is 1. The smallest absolute Gasteiger partial charge is 0.168 e. The summed E-state index contributed by atoms with van der Waals surface area (Å²) < 4.78 is 19.4. The lowest BCUT2D eigenvalue weighted by molar-refractivity contribution is 0.0992. The van der Waals surface area contributed by atoms with Crippen LogP contribution in [0.4, 0.5) is 4.39 Å². The first-order valence-electron chi connectivity index (χ1n) is 8.66. The minimum absolute atomic E-state index is 0.0401. The summed E-state index contributed by atoms with van der Waals surface area (Å²) in [6, 6.07) is 13.7. The van der Waals surface area contributed by atoms with E-state index < -0.39 is 0 Å². The fraction of sp³-hybridized carbons (Fsp3) is 0.182. The summed E-state index contributed by atoms with van der Waals surface area (Å²) in [5, 5.41) is 0.838. The first kappa shape index (κ1) is 20.6. The third kappa shape index (κ3) is 5.20. The Morgan fingerprint density at radius 2 is 1.93 bits per heavy atom. The second kappa shape index (κ2) is 9.34. The molecule has 2 aromatic carbocycles. The van der Waals surface area contributed by atoms with Gasteiger partial charge in [-0.25, -0.2) is 9.37 Å². The number of thioether (sulfide) groups is 1. The fourth-order valence-electron chi connectivity index (χ4n) is 2.70. The quantitative estimate of drug-likeness (QED) is 0.320. The fourth-order valence-corrected chi connectivity index (χ4v) is 4.31. The van der Waals surface area contributed by atoms with Crippen molar-refractivity contribution >= 4 is 33.5 Å². The zero-order valence-electron chi connectivity index (χ0n) is 15.5. The minimum atomic E-state index is -0.308. The van der Waals surface area contributed by atoms with Crippen LogP contribution in [0.3, 0.4) is 0 Å². The van der Waals surface area contributed by atoms with Gasteiger partial charge in [0.2, 0.25) is 0 Å². The van der Waals surface area contributed by atoms with Gasteiger partial charge in [-0.15, -0.1) is 11.8 Å². The van der Waals surface area contributed by atoms with Crippen molar-refractivity contribution < 1.29 is 13.9 Å². The van der Waals surface area contributed by atoms with E-state index in [9.17, 15) is 9.18 Å². The maximum Gasteiger partial charge on any atom is 0.168 e. The van der Waals surface area contributed by atoms with E-state index in [2.05, 4.69) is 20.9 Å². The molecule has 0 saturated carbocycles. The largest absolute Gasteiger partial charge is 0.496 e. The predicted molar refractivity (Wildman–Crippen MR) is 114 cm³/mol. The number of rotatable bonds is 7. The van der Waals surface area contributed by atoms with Crippen LogP contribution in [-0.2, 0) is 12.2 Å². The number of carbonyl (C=O) groups is 1. The van der Waals surface area contributed by atoms with Gasteiger partial charge in [0.05, 0.1) is 12.1 Å². The van der Waals surface area contributed by atoms with Gasteiger partial charge in [-0.3, -0.25) is 4.79 Å². The Kier molecular flexibility index (Phi) is 6.86. The molecule has 0 spiro atoms. The average molecular weight is 460 g/mol. The normalized spacial score (nSPS) is 10.7. The van der Waals surface area contributed by atoms with Crippen molar-refractivity contribution in [2.24, 2.45) is 0 Å². The zero-order valence-corrected chi connectivity index (χ0v) is 17.9. The molecule has 0 N–H and O–H groups in total. The van der Waals surface area contributed by atoms with Crippen LogP contribution in [0, 0.1) is 12.7 Å². The predicted octanol–water partition coefficient (Wildman–Crippen LogP) is 6.02. The zero-order chi connectivity index (χ0) is 20.1. The molecule has 0 saturated heterocycles. The molecule has 6 heteroatoms. The first-order valence-corrected chi connectivity index (χ1v) is 10.4. The highest BCUT2D eigenvalue weighted by Crippen LogP contribution is 2.31. The van der Waals surface area contributed by atoms with Crippen molar-refractivity contribution in [2.45, 2.75) is 24.1 Å². The Labute approximate surface area is 176 Å². The topological polar surface area (TPSA) is 39.2 Å². The van der Waals surface area contributed by atoms with E-state index in [0.717, 1.165) is 37.7 Å². The highest BCUT2D eigenvalue weighted by molar-refractivity contribution is 9.10. The lowest BCUT2D eigenvalue weighted by Gasteiger charge is -2.10. The summed E-state index contributed by atoms with van der Waals surface area (Å²) in [5.41, 5.74) is 3.52. The number of carbonyl (C=O) groups excluding carboxylic acids is 1. The first-order chi connectivity index (χ1) is 13.5. The van der Waals surface area contributed by atoms with Crippen LogP contribution in [-0.4, -0.2) is 17.9 Å². The third-order valence-electron chi connectivity index (χ3n) is 4.28. The summed E-state index contributed by atoms with van der Waals surface area (Å²) >= 11 is 5.18. The van der Waals surface area contributed by atoms with E-state index in [4.69, 9.17) is 4.74 Å². The molecule has 144 valence electrons. The molecule has 1 heterocycles. The number of aryl methyl sites for hydroxylation is 1. The van der Waals surface area contributed by atoms with Crippen molar-refractivity contribution in [1.82, 2.24) is 4.98 Å². The highest BCUT2D eigenvalue weighted by Gasteiger charge is 2.10. The number of ketones is 1. The lowest BCUT2D eigenvalue weighted by Crippen LogP contribution is -2.04. The highest BCUT2D eigenvalue weighted by atomic mass is 79.9. The lowest BCUT2D eigenvalue weighted by atomic mass is 10.0. The SMILES string of the molecule is COc1cc(CSc2ccc(C(=O)Cc3ccc(F)cc3)cn2)c(Br)cc1C. The van der Waals surface area contributed by atoms with Crippen LogP contribution in [0.1, 0.15) is 27.0 Å². The molecule has 0 unspecified atom stereocenters. The van der Waals surface area contributed by atoms with Crippen LogP contribution in [0.25, 0.3) is 0 Å². The second-order valence-corrected chi connectivity index (χ2v) is 8.16. The van der Waals surface area contributed by atoms with E-state index >= 15 is 0 Å². The number of hydrogen-bond acceptors (Lipinski definition) is 4. The second-order valence-electron chi connectivity index (χ2n) is 6.31. The molecular formula is C22H19BrFNO2S. The van der Waals surface area contributed by atoms with Gasteiger partial charge in [0, 0.05) is 28.4 Å². The number of Topliss-reactive ketones (excluding diaryl/α,β-unsaturated/α-hetero) is 1. The molecule has 0 amide bonds. The van der Waals surface area contributed by atoms with Crippen molar-refractivity contribution in [2.75, 3.05) is 7.11 Å². The molecule has 0 aliphatic carbocycles. The molecule has 0 bridgehead atoms. The van der Waals surface area contributed by atoms with Crippen LogP contribution in [0.5, 0.6) is 5.75 Å². The van der Waals surface area contributed by atoms with Gasteiger partial charge in [-0.1, -0.05) is 28.1 Å². The Morgan fingerprint density at radius 1 is 1.18 bits per heavy atom. The van der Waals surface area contributed by atoms with E-state index in [1.54, 1.807) is 43.3 Å². The number of halogens is 2. The number of nitrogens with zero attached hydrogens (tertiary/aromatic N) is 1. The molecule has 3 rings (SSSR count). The van der Waals surface area contributed by atoms with Crippen LogP contribution in [0.15, 0.2) is 64.2 Å². The number of hydrogen-bond donors (Lipinski definition) is 0. The molecular weight excluding hydrogens is 441 g/mol. The maximum atomic E-state index is 13.0. The number of ether oxygens (including phenoxy) is 1. The Bertz CT molecular complexity index is 975. The summed E-state index contributed by atoms with van der Waals surface area (Å²) in [6.45, 7) is 2.00.